The summed E-state index contributed by atoms with van der Waals surface area (Å²) in [4.78, 5) is 13.1. The number of phenols is 1. The van der Waals surface area contributed by atoms with Crippen molar-refractivity contribution in [3.8, 4) is 11.5 Å². The maximum Gasteiger partial charge on any atom is 0.280 e. The Morgan fingerprint density at radius 2 is 1.96 bits per heavy atom. The summed E-state index contributed by atoms with van der Waals surface area (Å²) >= 11 is 0. The van der Waals surface area contributed by atoms with Gasteiger partial charge in [-0.15, -0.1) is 0 Å². The van der Waals surface area contributed by atoms with Gasteiger partial charge in [-0.05, 0) is 37.1 Å². The van der Waals surface area contributed by atoms with E-state index in [0.717, 1.165) is 5.01 Å². The minimum Gasteiger partial charge on any atom is -0.507 e. The maximum absolute atomic E-state index is 13.1. The number of rotatable bonds is 4. The SMILES string of the molecule is CCC1=NN(C(=O)c2cccc(C)c2O)[C@](O)(c2ccc(OC)cc2)C1. The zero-order chi connectivity index (χ0) is 18.9. The van der Waals surface area contributed by atoms with Gasteiger partial charge in [-0.25, -0.2) is 0 Å². The third-order valence-electron chi connectivity index (χ3n) is 4.66. The number of methoxy groups -OCH3 is 1. The molecule has 136 valence electrons. The molecule has 0 unspecified atom stereocenters. The number of aromatic hydroxyl groups is 1. The summed E-state index contributed by atoms with van der Waals surface area (Å²) in [6, 6.07) is 11.8. The van der Waals surface area contributed by atoms with Gasteiger partial charge in [0, 0.05) is 17.7 Å². The van der Waals surface area contributed by atoms with Crippen molar-refractivity contribution >= 4 is 11.6 Å². The number of hydrogen-bond acceptors (Lipinski definition) is 5. The van der Waals surface area contributed by atoms with E-state index in [4.69, 9.17) is 4.74 Å². The first-order valence-corrected chi connectivity index (χ1v) is 8.47. The number of aliphatic hydroxyl groups is 1. The van der Waals surface area contributed by atoms with E-state index in [9.17, 15) is 15.0 Å². The van der Waals surface area contributed by atoms with E-state index in [2.05, 4.69) is 5.10 Å². The fraction of sp³-hybridized carbons (Fsp3) is 0.300. The molecule has 1 aliphatic heterocycles. The van der Waals surface area contributed by atoms with Crippen molar-refractivity contribution in [2.75, 3.05) is 7.11 Å². The van der Waals surface area contributed by atoms with E-state index >= 15 is 0 Å². The van der Waals surface area contributed by atoms with E-state index in [-0.39, 0.29) is 17.7 Å². The van der Waals surface area contributed by atoms with E-state index in [1.165, 1.54) is 6.07 Å². The molecule has 3 rings (SSSR count). The number of hydrogen-bond donors (Lipinski definition) is 2. The highest BCUT2D eigenvalue weighted by molar-refractivity contribution is 6.00. The predicted molar refractivity (Wildman–Crippen MR) is 98.2 cm³/mol. The lowest BCUT2D eigenvalue weighted by Crippen LogP contribution is -2.43. The zero-order valence-electron chi connectivity index (χ0n) is 15.1. The monoisotopic (exact) mass is 354 g/mol. The predicted octanol–water partition coefficient (Wildman–Crippen LogP) is 3.17. The van der Waals surface area contributed by atoms with Crippen LogP contribution in [0.15, 0.2) is 47.6 Å². The van der Waals surface area contributed by atoms with Crippen LogP contribution < -0.4 is 4.74 Å². The topological polar surface area (TPSA) is 82.4 Å². The van der Waals surface area contributed by atoms with Crippen LogP contribution >= 0.6 is 0 Å². The number of carbonyl (C=O) groups is 1. The van der Waals surface area contributed by atoms with Crippen molar-refractivity contribution in [3.05, 3.63) is 59.2 Å². The lowest BCUT2D eigenvalue weighted by atomic mass is 9.95. The van der Waals surface area contributed by atoms with Crippen LogP contribution in [0, 0.1) is 6.92 Å². The first-order valence-electron chi connectivity index (χ1n) is 8.47. The number of para-hydroxylation sites is 1. The van der Waals surface area contributed by atoms with Crippen molar-refractivity contribution in [1.82, 2.24) is 5.01 Å². The summed E-state index contributed by atoms with van der Waals surface area (Å²) < 4.78 is 5.16. The largest absolute Gasteiger partial charge is 0.507 e. The Bertz CT molecular complexity index is 861. The highest BCUT2D eigenvalue weighted by Crippen LogP contribution is 2.38. The fourth-order valence-corrected chi connectivity index (χ4v) is 3.06. The van der Waals surface area contributed by atoms with Crippen molar-refractivity contribution in [1.29, 1.82) is 0 Å². The van der Waals surface area contributed by atoms with Gasteiger partial charge < -0.3 is 14.9 Å². The Labute approximate surface area is 152 Å². The first kappa shape index (κ1) is 17.9. The van der Waals surface area contributed by atoms with Gasteiger partial charge in [0.2, 0.25) is 0 Å². The minimum atomic E-state index is -1.61. The molecule has 6 nitrogen and oxygen atoms in total. The van der Waals surface area contributed by atoms with E-state index < -0.39 is 11.6 Å². The highest BCUT2D eigenvalue weighted by Gasteiger charge is 2.46. The van der Waals surface area contributed by atoms with Crippen molar-refractivity contribution in [3.63, 3.8) is 0 Å². The van der Waals surface area contributed by atoms with Crippen LogP contribution in [0.1, 0.15) is 41.3 Å². The van der Waals surface area contributed by atoms with Gasteiger partial charge in [0.15, 0.2) is 5.72 Å². The second kappa shape index (κ2) is 6.80. The molecule has 0 aromatic heterocycles. The summed E-state index contributed by atoms with van der Waals surface area (Å²) in [5, 5.41) is 27.0. The molecule has 0 spiro atoms. The standard InChI is InChI=1S/C20H22N2O4/c1-4-15-12-20(25,14-8-10-16(26-3)11-9-14)22(21-15)19(24)17-7-5-6-13(2)18(17)23/h5-11,23,25H,4,12H2,1-3H3/t20-/m1/s1. The average molecular weight is 354 g/mol. The Hall–Kier alpha value is -2.86. The van der Waals surface area contributed by atoms with Gasteiger partial charge in [-0.3, -0.25) is 4.79 Å². The first-order chi connectivity index (χ1) is 12.4. The Kier molecular flexibility index (Phi) is 4.70. The number of phenolic OH excluding ortho intramolecular Hbond substituents is 1. The molecule has 6 heteroatoms. The van der Waals surface area contributed by atoms with Crippen LogP contribution in [0.4, 0.5) is 0 Å². The van der Waals surface area contributed by atoms with Crippen molar-refractivity contribution in [2.45, 2.75) is 32.4 Å². The molecule has 1 heterocycles. The number of carbonyl (C=O) groups excluding carboxylic acids is 1. The molecule has 26 heavy (non-hydrogen) atoms. The second-order valence-corrected chi connectivity index (χ2v) is 6.33. The molecular weight excluding hydrogens is 332 g/mol. The molecule has 2 aromatic carbocycles. The van der Waals surface area contributed by atoms with Crippen LogP contribution in [0.3, 0.4) is 0 Å². The third-order valence-corrected chi connectivity index (χ3v) is 4.66. The quantitative estimate of drug-likeness (QED) is 0.883. The molecule has 2 N–H and O–H groups in total. The molecule has 0 fully saturated rings. The van der Waals surface area contributed by atoms with Gasteiger partial charge in [-0.1, -0.05) is 31.2 Å². The van der Waals surface area contributed by atoms with E-state index in [1.54, 1.807) is 50.4 Å². The molecule has 1 aliphatic rings. The number of aryl methyl sites for hydroxylation is 1. The van der Waals surface area contributed by atoms with Crippen LogP contribution in [0.5, 0.6) is 11.5 Å². The molecule has 0 radical (unpaired) electrons. The van der Waals surface area contributed by atoms with Gasteiger partial charge in [0.25, 0.3) is 5.91 Å². The normalized spacial score (nSPS) is 19.4. The van der Waals surface area contributed by atoms with Gasteiger partial charge >= 0.3 is 0 Å². The van der Waals surface area contributed by atoms with E-state index in [1.807, 2.05) is 6.92 Å². The highest BCUT2D eigenvalue weighted by atomic mass is 16.5. The molecule has 1 atom stereocenters. The number of nitrogens with zero attached hydrogens (tertiary/aromatic N) is 2. The Morgan fingerprint density at radius 1 is 1.27 bits per heavy atom. The zero-order valence-corrected chi connectivity index (χ0v) is 15.1. The molecule has 0 saturated heterocycles. The van der Waals surface area contributed by atoms with Crippen LogP contribution in [-0.4, -0.2) is 34.0 Å². The summed E-state index contributed by atoms with van der Waals surface area (Å²) in [7, 11) is 1.56. The van der Waals surface area contributed by atoms with Crippen LogP contribution in [-0.2, 0) is 5.72 Å². The number of ether oxygens (including phenoxy) is 1. The van der Waals surface area contributed by atoms with Gasteiger partial charge in [0.1, 0.15) is 11.5 Å². The average Bonchev–Trinajstić information content (AvgIpc) is 3.01. The molecule has 2 aromatic rings. The van der Waals surface area contributed by atoms with Crippen LogP contribution in [0.25, 0.3) is 0 Å². The van der Waals surface area contributed by atoms with Crippen molar-refractivity contribution in [2.24, 2.45) is 5.10 Å². The third kappa shape index (κ3) is 2.93. The van der Waals surface area contributed by atoms with Gasteiger partial charge in [-0.2, -0.15) is 10.1 Å². The molecule has 0 saturated carbocycles. The lowest BCUT2D eigenvalue weighted by molar-refractivity contribution is -0.0766. The minimum absolute atomic E-state index is 0.102. The Balaban J connectivity index is 2.04. The fourth-order valence-electron chi connectivity index (χ4n) is 3.06. The molecular formula is C20H22N2O4. The smallest absolute Gasteiger partial charge is 0.280 e. The van der Waals surface area contributed by atoms with Gasteiger partial charge in [0.05, 0.1) is 12.7 Å². The lowest BCUT2D eigenvalue weighted by Gasteiger charge is -2.31. The maximum atomic E-state index is 13.1. The summed E-state index contributed by atoms with van der Waals surface area (Å²) in [6.07, 6.45) is 0.830. The Morgan fingerprint density at radius 3 is 2.58 bits per heavy atom. The number of benzene rings is 2. The summed E-state index contributed by atoms with van der Waals surface area (Å²) in [5.41, 5.74) is 0.334. The second-order valence-electron chi connectivity index (χ2n) is 6.33. The molecule has 0 bridgehead atoms. The van der Waals surface area contributed by atoms with Crippen LogP contribution in [0.2, 0.25) is 0 Å². The number of amides is 1. The molecule has 1 amide bonds. The van der Waals surface area contributed by atoms with Crippen molar-refractivity contribution < 1.29 is 19.7 Å². The summed E-state index contributed by atoms with van der Waals surface area (Å²) in [5.74, 6) is 0.00360. The summed E-state index contributed by atoms with van der Waals surface area (Å²) in [6.45, 7) is 3.64. The van der Waals surface area contributed by atoms with E-state index in [0.29, 0.717) is 29.0 Å². The number of hydrazone groups is 1. The molecule has 0 aliphatic carbocycles.